The number of nitrogen functional groups attached to an aromatic ring is 1. The number of carboxylic acid groups (broad SMARTS) is 1. The second-order valence-corrected chi connectivity index (χ2v) is 6.48. The van der Waals surface area contributed by atoms with Crippen LogP contribution in [0.5, 0.6) is 0 Å². The first-order valence-corrected chi connectivity index (χ1v) is 8.85. The van der Waals surface area contributed by atoms with Gasteiger partial charge in [0.15, 0.2) is 5.82 Å². The summed E-state index contributed by atoms with van der Waals surface area (Å²) < 4.78 is 0. The van der Waals surface area contributed by atoms with Gasteiger partial charge in [0.25, 0.3) is 0 Å². The molecule has 2 heterocycles. The largest absolute Gasteiger partial charge is 0.481 e. The SMILES string of the molecule is CCCC(C(=O)O)C(Cc1ccc(-c2ccc(N)nc2)cc1)c1nn[nH]n1. The van der Waals surface area contributed by atoms with E-state index >= 15 is 0 Å². The Bertz CT molecular complexity index is 862. The molecule has 2 atom stereocenters. The topological polar surface area (TPSA) is 131 Å². The summed E-state index contributed by atoms with van der Waals surface area (Å²) in [7, 11) is 0. The number of nitrogens with zero attached hydrogens (tertiary/aromatic N) is 4. The number of anilines is 1. The molecule has 2 unspecified atom stereocenters. The number of rotatable bonds is 8. The molecule has 8 heteroatoms. The smallest absolute Gasteiger partial charge is 0.307 e. The maximum Gasteiger partial charge on any atom is 0.307 e. The zero-order valence-corrected chi connectivity index (χ0v) is 15.0. The van der Waals surface area contributed by atoms with E-state index in [0.29, 0.717) is 24.5 Å². The lowest BCUT2D eigenvalue weighted by Gasteiger charge is -2.21. The molecule has 0 saturated carbocycles. The van der Waals surface area contributed by atoms with Gasteiger partial charge in [0.05, 0.1) is 5.92 Å². The van der Waals surface area contributed by atoms with Crippen LogP contribution < -0.4 is 5.73 Å². The molecule has 0 saturated heterocycles. The van der Waals surface area contributed by atoms with E-state index in [-0.39, 0.29) is 5.92 Å². The van der Waals surface area contributed by atoms with Crippen molar-refractivity contribution in [1.29, 1.82) is 0 Å². The van der Waals surface area contributed by atoms with Gasteiger partial charge in [0, 0.05) is 17.7 Å². The summed E-state index contributed by atoms with van der Waals surface area (Å²) in [6, 6.07) is 11.6. The summed E-state index contributed by atoms with van der Waals surface area (Å²) in [4.78, 5) is 15.9. The van der Waals surface area contributed by atoms with E-state index < -0.39 is 11.9 Å². The van der Waals surface area contributed by atoms with Crippen LogP contribution in [0, 0.1) is 5.92 Å². The zero-order chi connectivity index (χ0) is 19.2. The molecule has 140 valence electrons. The third-order valence-corrected chi connectivity index (χ3v) is 4.63. The fourth-order valence-electron chi connectivity index (χ4n) is 3.21. The summed E-state index contributed by atoms with van der Waals surface area (Å²) in [5.74, 6) is -0.827. The molecule has 4 N–H and O–H groups in total. The summed E-state index contributed by atoms with van der Waals surface area (Å²) in [6.45, 7) is 1.97. The van der Waals surface area contributed by atoms with Crippen LogP contribution in [0.1, 0.15) is 37.1 Å². The number of tetrazole rings is 1. The normalized spacial score (nSPS) is 13.2. The maximum atomic E-state index is 11.8. The van der Waals surface area contributed by atoms with E-state index in [0.717, 1.165) is 23.1 Å². The minimum absolute atomic E-state index is 0.342. The Kier molecular flexibility index (Phi) is 5.75. The number of hydrogen-bond acceptors (Lipinski definition) is 6. The Morgan fingerprint density at radius 2 is 1.93 bits per heavy atom. The molecule has 3 rings (SSSR count). The molecule has 0 aliphatic rings. The molecule has 0 amide bonds. The lowest BCUT2D eigenvalue weighted by Crippen LogP contribution is -2.25. The summed E-state index contributed by atoms with van der Waals surface area (Å²) in [6.07, 6.45) is 3.59. The summed E-state index contributed by atoms with van der Waals surface area (Å²) >= 11 is 0. The molecule has 2 aromatic heterocycles. The van der Waals surface area contributed by atoms with Gasteiger partial charge in [-0.3, -0.25) is 4.79 Å². The van der Waals surface area contributed by atoms with E-state index in [9.17, 15) is 9.90 Å². The first-order valence-electron chi connectivity index (χ1n) is 8.85. The highest BCUT2D eigenvalue weighted by atomic mass is 16.4. The van der Waals surface area contributed by atoms with Gasteiger partial charge in [0.2, 0.25) is 0 Å². The minimum atomic E-state index is -0.837. The predicted octanol–water partition coefficient (Wildman–Crippen LogP) is 2.67. The highest BCUT2D eigenvalue weighted by Gasteiger charge is 2.31. The van der Waals surface area contributed by atoms with Gasteiger partial charge in [-0.1, -0.05) is 42.8 Å². The number of H-pyrrole nitrogens is 1. The van der Waals surface area contributed by atoms with E-state index in [4.69, 9.17) is 5.73 Å². The third-order valence-electron chi connectivity index (χ3n) is 4.63. The van der Waals surface area contributed by atoms with Gasteiger partial charge < -0.3 is 10.8 Å². The summed E-state index contributed by atoms with van der Waals surface area (Å²) in [5, 5.41) is 23.8. The van der Waals surface area contributed by atoms with Crippen LogP contribution in [-0.4, -0.2) is 36.7 Å². The molecule has 27 heavy (non-hydrogen) atoms. The van der Waals surface area contributed by atoms with Crippen LogP contribution >= 0.6 is 0 Å². The number of hydrogen-bond donors (Lipinski definition) is 3. The third kappa shape index (κ3) is 4.46. The Hall–Kier alpha value is -3.29. The predicted molar refractivity (Wildman–Crippen MR) is 101 cm³/mol. The average Bonchev–Trinajstić information content (AvgIpc) is 3.20. The van der Waals surface area contributed by atoms with Gasteiger partial charge >= 0.3 is 5.97 Å². The first-order chi connectivity index (χ1) is 13.1. The summed E-state index contributed by atoms with van der Waals surface area (Å²) in [5.41, 5.74) is 8.63. The van der Waals surface area contributed by atoms with Crippen molar-refractivity contribution < 1.29 is 9.90 Å². The molecular weight excluding hydrogens is 344 g/mol. The number of aliphatic carboxylic acids is 1. The molecular formula is C19H22N6O2. The monoisotopic (exact) mass is 366 g/mol. The quantitative estimate of drug-likeness (QED) is 0.558. The van der Waals surface area contributed by atoms with E-state index in [1.54, 1.807) is 12.3 Å². The fraction of sp³-hybridized carbons (Fsp3) is 0.316. The Balaban J connectivity index is 1.83. The van der Waals surface area contributed by atoms with Crippen LogP contribution in [0.2, 0.25) is 0 Å². The van der Waals surface area contributed by atoms with Crippen LogP contribution in [0.15, 0.2) is 42.6 Å². The van der Waals surface area contributed by atoms with Crippen molar-refractivity contribution in [3.8, 4) is 11.1 Å². The number of nitrogens with two attached hydrogens (primary N) is 1. The van der Waals surface area contributed by atoms with Crippen LogP contribution in [0.3, 0.4) is 0 Å². The van der Waals surface area contributed by atoms with Crippen LogP contribution in [0.4, 0.5) is 5.82 Å². The first kappa shape index (κ1) is 18.5. The number of nitrogens with one attached hydrogen (secondary N) is 1. The Labute approximate surface area is 156 Å². The number of carbonyl (C=O) groups is 1. The van der Waals surface area contributed by atoms with Crippen molar-refractivity contribution in [2.45, 2.75) is 32.1 Å². The number of pyridine rings is 1. The fourth-order valence-corrected chi connectivity index (χ4v) is 3.21. The van der Waals surface area contributed by atoms with Crippen molar-refractivity contribution >= 4 is 11.8 Å². The molecule has 8 nitrogen and oxygen atoms in total. The maximum absolute atomic E-state index is 11.8. The standard InChI is InChI=1S/C19H22N6O2/c1-2-3-15(19(26)27)16(18-22-24-25-23-18)10-12-4-6-13(7-5-12)14-8-9-17(20)21-11-14/h4-9,11,15-16H,2-3,10H2,1H3,(H2,20,21)(H,26,27)(H,22,23,24,25). The molecule has 3 aromatic rings. The number of benzene rings is 1. The Morgan fingerprint density at radius 3 is 2.48 bits per heavy atom. The van der Waals surface area contributed by atoms with Crippen LogP contribution in [0.25, 0.3) is 11.1 Å². The second kappa shape index (κ2) is 8.39. The number of aromatic nitrogens is 5. The van der Waals surface area contributed by atoms with E-state index in [1.807, 2.05) is 37.3 Å². The second-order valence-electron chi connectivity index (χ2n) is 6.48. The van der Waals surface area contributed by atoms with Crippen molar-refractivity contribution in [3.05, 3.63) is 54.0 Å². The number of aromatic amines is 1. The molecule has 0 fully saturated rings. The van der Waals surface area contributed by atoms with E-state index in [1.165, 1.54) is 0 Å². The average molecular weight is 366 g/mol. The van der Waals surface area contributed by atoms with Crippen molar-refractivity contribution in [1.82, 2.24) is 25.6 Å². The molecule has 0 aliphatic heterocycles. The lowest BCUT2D eigenvalue weighted by atomic mass is 9.83. The highest BCUT2D eigenvalue weighted by molar-refractivity contribution is 5.71. The highest BCUT2D eigenvalue weighted by Crippen LogP contribution is 2.30. The molecule has 0 bridgehead atoms. The number of carboxylic acids is 1. The molecule has 0 spiro atoms. The van der Waals surface area contributed by atoms with Crippen molar-refractivity contribution in [2.75, 3.05) is 5.73 Å². The van der Waals surface area contributed by atoms with Crippen molar-refractivity contribution in [3.63, 3.8) is 0 Å². The van der Waals surface area contributed by atoms with Crippen LogP contribution in [-0.2, 0) is 11.2 Å². The minimum Gasteiger partial charge on any atom is -0.481 e. The van der Waals surface area contributed by atoms with Gasteiger partial charge in [-0.15, -0.1) is 10.2 Å². The van der Waals surface area contributed by atoms with E-state index in [2.05, 4.69) is 25.6 Å². The lowest BCUT2D eigenvalue weighted by molar-refractivity contribution is -0.142. The Morgan fingerprint density at radius 1 is 1.19 bits per heavy atom. The van der Waals surface area contributed by atoms with Gasteiger partial charge in [-0.25, -0.2) is 4.98 Å². The molecule has 1 aromatic carbocycles. The zero-order valence-electron chi connectivity index (χ0n) is 15.0. The van der Waals surface area contributed by atoms with Crippen molar-refractivity contribution in [2.24, 2.45) is 5.92 Å². The molecule has 0 aliphatic carbocycles. The molecule has 0 radical (unpaired) electrons. The van der Waals surface area contributed by atoms with Gasteiger partial charge in [-0.05, 0) is 36.1 Å². The van der Waals surface area contributed by atoms with Gasteiger partial charge in [-0.2, -0.15) is 5.21 Å². The van der Waals surface area contributed by atoms with Gasteiger partial charge in [0.1, 0.15) is 5.82 Å².